The molecule has 0 saturated heterocycles. The summed E-state index contributed by atoms with van der Waals surface area (Å²) in [5.74, 6) is -0.893. The Morgan fingerprint density at radius 3 is 2.74 bits per heavy atom. The van der Waals surface area contributed by atoms with Crippen LogP contribution in [0.2, 0.25) is 5.02 Å². The summed E-state index contributed by atoms with van der Waals surface area (Å²) >= 11 is 6.99. The van der Waals surface area contributed by atoms with Crippen LogP contribution in [0.1, 0.15) is 56.6 Å². The molecule has 1 saturated carbocycles. The molecule has 0 atom stereocenters. The number of amides is 2. The molecule has 2 amide bonds. The third-order valence-electron chi connectivity index (χ3n) is 5.54. The van der Waals surface area contributed by atoms with E-state index in [0.717, 1.165) is 24.2 Å². The first-order valence-corrected chi connectivity index (χ1v) is 11.8. The smallest absolute Gasteiger partial charge is 0.280 e. The molecule has 1 fully saturated rings. The predicted octanol–water partition coefficient (Wildman–Crippen LogP) is 5.35. The molecule has 35 heavy (non-hydrogen) atoms. The number of carbonyl (C=O) groups is 2. The Bertz CT molecular complexity index is 1450. The van der Waals surface area contributed by atoms with Crippen LogP contribution in [0.25, 0.3) is 10.2 Å². The van der Waals surface area contributed by atoms with E-state index in [1.54, 1.807) is 24.3 Å². The van der Waals surface area contributed by atoms with Crippen molar-refractivity contribution in [2.24, 2.45) is 5.73 Å². The molecule has 1 aliphatic rings. The highest BCUT2D eigenvalue weighted by molar-refractivity contribution is 7.21. The van der Waals surface area contributed by atoms with E-state index >= 15 is 0 Å². The van der Waals surface area contributed by atoms with Crippen molar-refractivity contribution >= 4 is 50.7 Å². The summed E-state index contributed by atoms with van der Waals surface area (Å²) in [5.41, 5.74) is 6.13. The van der Waals surface area contributed by atoms with E-state index in [0.29, 0.717) is 21.7 Å². The topological polar surface area (TPSA) is 112 Å². The predicted molar refractivity (Wildman–Crippen MR) is 127 cm³/mol. The van der Waals surface area contributed by atoms with Crippen LogP contribution in [-0.2, 0) is 6.73 Å². The SMILES string of the molecule is NC(=O)c1sc2nc(C(F)F)cc(C3CC3)c2c1NC(=O)c1ccnn1COc1ccccc1Cl. The fraction of sp³-hybridized carbons (Fsp3) is 0.217. The minimum atomic E-state index is -2.76. The lowest BCUT2D eigenvalue weighted by molar-refractivity contribution is 0.100. The first-order valence-electron chi connectivity index (χ1n) is 10.6. The molecular formula is C23H18ClF2N5O3S. The lowest BCUT2D eigenvalue weighted by Crippen LogP contribution is -2.21. The standard InChI is InChI=1S/C23H18ClF2N5O3S/c24-13-3-1-2-4-16(13)34-10-31-15(7-8-28-31)22(33)30-18-17-12(11-5-6-11)9-14(20(25)26)29-23(17)35-19(18)21(27)32/h1-4,7-9,11,20H,5-6,10H2,(H2,27,32)(H,30,33). The molecule has 0 bridgehead atoms. The second kappa shape index (κ2) is 9.23. The van der Waals surface area contributed by atoms with Crippen LogP contribution in [-0.4, -0.2) is 26.6 Å². The van der Waals surface area contributed by atoms with Gasteiger partial charge < -0.3 is 15.8 Å². The van der Waals surface area contributed by atoms with Gasteiger partial charge in [-0.25, -0.2) is 18.4 Å². The number of rotatable bonds is 8. The average molecular weight is 518 g/mol. The second-order valence-electron chi connectivity index (χ2n) is 7.94. The lowest BCUT2D eigenvalue weighted by Gasteiger charge is -2.12. The van der Waals surface area contributed by atoms with Gasteiger partial charge in [-0.05, 0) is 48.6 Å². The van der Waals surface area contributed by atoms with Crippen LogP contribution >= 0.6 is 22.9 Å². The van der Waals surface area contributed by atoms with Gasteiger partial charge in [0.1, 0.15) is 26.8 Å². The number of hydrogen-bond donors (Lipinski definition) is 2. The maximum Gasteiger partial charge on any atom is 0.280 e. The summed E-state index contributed by atoms with van der Waals surface area (Å²) in [4.78, 5) is 29.7. The number of nitrogens with zero attached hydrogens (tertiary/aromatic N) is 3. The number of hydrogen-bond acceptors (Lipinski definition) is 6. The summed E-state index contributed by atoms with van der Waals surface area (Å²) in [6.45, 7) is -0.0980. The number of anilines is 1. The molecule has 1 aromatic carbocycles. The monoisotopic (exact) mass is 517 g/mol. The number of thiophene rings is 1. The summed E-state index contributed by atoms with van der Waals surface area (Å²) in [6.07, 6.45) is 0.311. The summed E-state index contributed by atoms with van der Waals surface area (Å²) in [7, 11) is 0. The Kier molecular flexibility index (Phi) is 6.12. The van der Waals surface area contributed by atoms with Crippen molar-refractivity contribution < 1.29 is 23.1 Å². The molecule has 180 valence electrons. The number of nitrogens with two attached hydrogens (primary N) is 1. The van der Waals surface area contributed by atoms with Crippen molar-refractivity contribution in [3.05, 3.63) is 69.4 Å². The molecule has 12 heteroatoms. The number of nitrogens with one attached hydrogen (secondary N) is 1. The minimum absolute atomic E-state index is 0.0348. The molecule has 5 rings (SSSR count). The van der Waals surface area contributed by atoms with Crippen molar-refractivity contribution in [1.82, 2.24) is 14.8 Å². The van der Waals surface area contributed by atoms with Crippen molar-refractivity contribution in [2.75, 3.05) is 5.32 Å². The van der Waals surface area contributed by atoms with Gasteiger partial charge in [0.25, 0.3) is 18.2 Å². The van der Waals surface area contributed by atoms with E-state index in [1.165, 1.54) is 23.0 Å². The van der Waals surface area contributed by atoms with E-state index in [1.807, 2.05) is 0 Å². The van der Waals surface area contributed by atoms with Crippen LogP contribution in [0, 0.1) is 0 Å². The number of primary amides is 1. The lowest BCUT2D eigenvalue weighted by atomic mass is 10.0. The van der Waals surface area contributed by atoms with Gasteiger partial charge in [0.2, 0.25) is 0 Å². The zero-order valence-corrected chi connectivity index (χ0v) is 19.6. The first kappa shape index (κ1) is 23.2. The number of ether oxygens (including phenoxy) is 1. The fourth-order valence-corrected chi connectivity index (χ4v) is 4.98. The molecule has 8 nitrogen and oxygen atoms in total. The number of para-hydroxylation sites is 1. The number of halogens is 3. The number of carbonyl (C=O) groups excluding carboxylic acids is 2. The Hall–Kier alpha value is -3.57. The van der Waals surface area contributed by atoms with E-state index in [9.17, 15) is 18.4 Å². The van der Waals surface area contributed by atoms with Crippen molar-refractivity contribution in [3.8, 4) is 5.75 Å². The van der Waals surface area contributed by atoms with Gasteiger partial charge in [-0.2, -0.15) is 5.10 Å². The van der Waals surface area contributed by atoms with Crippen molar-refractivity contribution in [1.29, 1.82) is 0 Å². The minimum Gasteiger partial charge on any atom is -0.470 e. The number of alkyl halides is 2. The Morgan fingerprint density at radius 1 is 1.29 bits per heavy atom. The van der Waals surface area contributed by atoms with Gasteiger partial charge in [0.15, 0.2) is 6.73 Å². The average Bonchev–Trinajstić information content (AvgIpc) is 3.45. The van der Waals surface area contributed by atoms with Crippen LogP contribution in [0.15, 0.2) is 42.6 Å². The Labute approximate surface area is 206 Å². The van der Waals surface area contributed by atoms with Crippen LogP contribution < -0.4 is 15.8 Å². The Morgan fingerprint density at radius 2 is 2.06 bits per heavy atom. The molecule has 4 aromatic rings. The van der Waals surface area contributed by atoms with Gasteiger partial charge in [-0.15, -0.1) is 11.3 Å². The van der Waals surface area contributed by atoms with Gasteiger partial charge in [0.05, 0.1) is 10.7 Å². The highest BCUT2D eigenvalue weighted by Crippen LogP contribution is 2.48. The van der Waals surface area contributed by atoms with E-state index in [4.69, 9.17) is 22.1 Å². The number of pyridine rings is 1. The summed E-state index contributed by atoms with van der Waals surface area (Å²) in [5, 5.41) is 7.73. The third kappa shape index (κ3) is 4.56. The number of benzene rings is 1. The number of aromatic nitrogens is 3. The first-order chi connectivity index (χ1) is 16.8. The maximum absolute atomic E-state index is 13.4. The molecular weight excluding hydrogens is 500 g/mol. The van der Waals surface area contributed by atoms with Crippen LogP contribution in [0.5, 0.6) is 5.75 Å². The molecule has 0 unspecified atom stereocenters. The van der Waals surface area contributed by atoms with Gasteiger partial charge >= 0.3 is 0 Å². The van der Waals surface area contributed by atoms with Crippen molar-refractivity contribution in [2.45, 2.75) is 31.9 Å². The van der Waals surface area contributed by atoms with E-state index < -0.39 is 18.2 Å². The maximum atomic E-state index is 13.4. The normalized spacial score (nSPS) is 13.4. The quantitative estimate of drug-likeness (QED) is 0.327. The van der Waals surface area contributed by atoms with E-state index in [2.05, 4.69) is 15.4 Å². The third-order valence-corrected chi connectivity index (χ3v) is 6.95. The van der Waals surface area contributed by atoms with Gasteiger partial charge in [-0.3, -0.25) is 9.59 Å². The number of fused-ring (bicyclic) bond motifs is 1. The van der Waals surface area contributed by atoms with E-state index in [-0.39, 0.29) is 39.4 Å². The molecule has 0 radical (unpaired) electrons. The van der Waals surface area contributed by atoms with Crippen LogP contribution in [0.3, 0.4) is 0 Å². The van der Waals surface area contributed by atoms with Crippen LogP contribution in [0.4, 0.5) is 14.5 Å². The molecule has 3 heterocycles. The Balaban J connectivity index is 1.49. The summed E-state index contributed by atoms with van der Waals surface area (Å²) < 4.78 is 33.9. The largest absolute Gasteiger partial charge is 0.470 e. The fourth-order valence-electron chi connectivity index (χ4n) is 3.77. The molecule has 3 aromatic heterocycles. The van der Waals surface area contributed by atoms with Gasteiger partial charge in [0, 0.05) is 11.6 Å². The van der Waals surface area contributed by atoms with Crippen molar-refractivity contribution in [3.63, 3.8) is 0 Å². The zero-order valence-electron chi connectivity index (χ0n) is 18.0. The molecule has 3 N–H and O–H groups in total. The molecule has 0 aliphatic heterocycles. The summed E-state index contributed by atoms with van der Waals surface area (Å²) in [6, 6.07) is 9.71. The van der Waals surface area contributed by atoms with Gasteiger partial charge in [-0.1, -0.05) is 23.7 Å². The molecule has 1 aliphatic carbocycles. The highest BCUT2D eigenvalue weighted by atomic mass is 35.5. The highest BCUT2D eigenvalue weighted by Gasteiger charge is 2.32. The molecule has 0 spiro atoms. The zero-order chi connectivity index (χ0) is 24.7. The second-order valence-corrected chi connectivity index (χ2v) is 9.34.